The highest BCUT2D eigenvalue weighted by Gasteiger charge is 2.35. The summed E-state index contributed by atoms with van der Waals surface area (Å²) in [5, 5.41) is 10.2. The first-order chi connectivity index (χ1) is 8.79. The Balaban J connectivity index is 1.87. The average Bonchev–Trinajstić information content (AvgIpc) is 3.28. The third kappa shape index (κ3) is 2.54. The largest absolute Gasteiger partial charge is 0.388 e. The maximum atomic E-state index is 10.2. The summed E-state index contributed by atoms with van der Waals surface area (Å²) < 4.78 is 0. The summed E-state index contributed by atoms with van der Waals surface area (Å²) in [7, 11) is 0. The van der Waals surface area contributed by atoms with E-state index in [2.05, 4.69) is 23.1 Å². The van der Waals surface area contributed by atoms with Gasteiger partial charge in [0.15, 0.2) is 0 Å². The van der Waals surface area contributed by atoms with Crippen LogP contribution in [0, 0.1) is 5.92 Å². The van der Waals surface area contributed by atoms with Crippen LogP contribution in [0.3, 0.4) is 0 Å². The van der Waals surface area contributed by atoms with Gasteiger partial charge in [0.05, 0.1) is 6.10 Å². The van der Waals surface area contributed by atoms with E-state index in [9.17, 15) is 5.11 Å². The van der Waals surface area contributed by atoms with Gasteiger partial charge in [0.1, 0.15) is 0 Å². The van der Waals surface area contributed by atoms with Crippen LogP contribution in [0.5, 0.6) is 0 Å². The van der Waals surface area contributed by atoms with Crippen molar-refractivity contribution in [2.75, 3.05) is 11.4 Å². The van der Waals surface area contributed by atoms with Crippen molar-refractivity contribution in [1.82, 2.24) is 0 Å². The predicted octanol–water partition coefficient (Wildman–Crippen LogP) is 3.51. The van der Waals surface area contributed by atoms with Crippen LogP contribution in [0.1, 0.15) is 50.7 Å². The lowest BCUT2D eigenvalue weighted by atomic mass is 10.0. The number of nitrogens with zero attached hydrogens (tertiary/aromatic N) is 1. The molecule has 2 aliphatic carbocycles. The van der Waals surface area contributed by atoms with Crippen molar-refractivity contribution < 1.29 is 5.11 Å². The SMILES string of the molecule is CC[C@@H](O)c1ccccc1N(CC1CC1)C1CC1. The minimum Gasteiger partial charge on any atom is -0.388 e. The lowest BCUT2D eigenvalue weighted by Crippen LogP contribution is -2.29. The standard InChI is InChI=1S/C16H23NO/c1-2-16(18)14-5-3-4-6-15(14)17(13-9-10-13)11-12-7-8-12/h3-6,12-13,16,18H,2,7-11H2,1H3/t16-/m1/s1. The Kier molecular flexibility index (Phi) is 3.29. The van der Waals surface area contributed by atoms with Gasteiger partial charge in [-0.2, -0.15) is 0 Å². The monoisotopic (exact) mass is 245 g/mol. The molecule has 2 fully saturated rings. The summed E-state index contributed by atoms with van der Waals surface area (Å²) in [6, 6.07) is 9.15. The van der Waals surface area contributed by atoms with Gasteiger partial charge in [-0.05, 0) is 44.1 Å². The molecule has 3 rings (SSSR count). The molecule has 0 bridgehead atoms. The van der Waals surface area contributed by atoms with E-state index in [1.54, 1.807) is 0 Å². The van der Waals surface area contributed by atoms with E-state index in [0.29, 0.717) is 0 Å². The first kappa shape index (κ1) is 12.0. The van der Waals surface area contributed by atoms with Gasteiger partial charge in [-0.25, -0.2) is 0 Å². The number of para-hydroxylation sites is 1. The number of hydrogen-bond donors (Lipinski definition) is 1. The normalized spacial score (nSPS) is 20.8. The van der Waals surface area contributed by atoms with Crippen molar-refractivity contribution in [3.05, 3.63) is 29.8 Å². The highest BCUT2D eigenvalue weighted by Crippen LogP contribution is 2.40. The van der Waals surface area contributed by atoms with E-state index in [1.807, 2.05) is 13.0 Å². The van der Waals surface area contributed by atoms with Crippen molar-refractivity contribution >= 4 is 5.69 Å². The lowest BCUT2D eigenvalue weighted by Gasteiger charge is -2.28. The number of aliphatic hydroxyl groups excluding tert-OH is 1. The number of aliphatic hydroxyl groups is 1. The quantitative estimate of drug-likeness (QED) is 0.829. The van der Waals surface area contributed by atoms with Crippen LogP contribution in [-0.2, 0) is 0 Å². The Bertz CT molecular complexity index is 409. The smallest absolute Gasteiger partial charge is 0.0807 e. The molecule has 2 aliphatic rings. The molecule has 18 heavy (non-hydrogen) atoms. The molecular formula is C16H23NO. The third-order valence-electron chi connectivity index (χ3n) is 4.13. The second kappa shape index (κ2) is 4.93. The first-order valence-corrected chi connectivity index (χ1v) is 7.33. The first-order valence-electron chi connectivity index (χ1n) is 7.33. The van der Waals surface area contributed by atoms with Crippen LogP contribution in [0.25, 0.3) is 0 Å². The zero-order chi connectivity index (χ0) is 12.5. The second-order valence-electron chi connectivity index (χ2n) is 5.81. The fraction of sp³-hybridized carbons (Fsp3) is 0.625. The molecule has 1 N–H and O–H groups in total. The highest BCUT2D eigenvalue weighted by atomic mass is 16.3. The van der Waals surface area contributed by atoms with Crippen LogP contribution < -0.4 is 4.90 Å². The molecule has 0 spiro atoms. The maximum Gasteiger partial charge on any atom is 0.0807 e. The summed E-state index contributed by atoms with van der Waals surface area (Å²) in [5.74, 6) is 0.900. The van der Waals surface area contributed by atoms with Gasteiger partial charge in [0.2, 0.25) is 0 Å². The fourth-order valence-electron chi connectivity index (χ4n) is 2.66. The molecule has 1 atom stereocenters. The van der Waals surface area contributed by atoms with Gasteiger partial charge in [-0.15, -0.1) is 0 Å². The molecule has 2 nitrogen and oxygen atoms in total. The van der Waals surface area contributed by atoms with Gasteiger partial charge >= 0.3 is 0 Å². The number of rotatable bonds is 6. The molecule has 1 aromatic rings. The summed E-state index contributed by atoms with van der Waals surface area (Å²) in [5.41, 5.74) is 2.40. The Morgan fingerprint density at radius 3 is 2.56 bits per heavy atom. The molecule has 98 valence electrons. The number of benzene rings is 1. The fourth-order valence-corrected chi connectivity index (χ4v) is 2.66. The van der Waals surface area contributed by atoms with Gasteiger partial charge < -0.3 is 10.0 Å². The maximum absolute atomic E-state index is 10.2. The van der Waals surface area contributed by atoms with Crippen molar-refractivity contribution in [2.24, 2.45) is 5.92 Å². The van der Waals surface area contributed by atoms with Gasteiger partial charge in [0, 0.05) is 23.8 Å². The molecule has 0 aromatic heterocycles. The van der Waals surface area contributed by atoms with Crippen molar-refractivity contribution in [3.63, 3.8) is 0 Å². The average molecular weight is 245 g/mol. The highest BCUT2D eigenvalue weighted by molar-refractivity contribution is 5.56. The van der Waals surface area contributed by atoms with E-state index >= 15 is 0 Å². The molecule has 2 saturated carbocycles. The van der Waals surface area contributed by atoms with Crippen molar-refractivity contribution in [2.45, 2.75) is 51.2 Å². The molecule has 0 saturated heterocycles. The minimum atomic E-state index is -0.318. The van der Waals surface area contributed by atoms with Crippen molar-refractivity contribution in [1.29, 1.82) is 0 Å². The molecule has 0 radical (unpaired) electrons. The molecule has 1 aromatic carbocycles. The third-order valence-corrected chi connectivity index (χ3v) is 4.13. The van der Waals surface area contributed by atoms with Crippen LogP contribution in [-0.4, -0.2) is 17.7 Å². The number of anilines is 1. The topological polar surface area (TPSA) is 23.5 Å². The molecule has 0 unspecified atom stereocenters. The predicted molar refractivity (Wildman–Crippen MR) is 74.8 cm³/mol. The van der Waals surface area contributed by atoms with E-state index < -0.39 is 0 Å². The summed E-state index contributed by atoms with van der Waals surface area (Å²) in [6.07, 6.45) is 5.90. The zero-order valence-electron chi connectivity index (χ0n) is 11.2. The van der Waals surface area contributed by atoms with Crippen molar-refractivity contribution in [3.8, 4) is 0 Å². The second-order valence-corrected chi connectivity index (χ2v) is 5.81. The summed E-state index contributed by atoms with van der Waals surface area (Å²) in [6.45, 7) is 3.24. The summed E-state index contributed by atoms with van der Waals surface area (Å²) in [4.78, 5) is 2.56. The Labute approximate surface area is 110 Å². The summed E-state index contributed by atoms with van der Waals surface area (Å²) >= 11 is 0. The van der Waals surface area contributed by atoms with Crippen LogP contribution in [0.2, 0.25) is 0 Å². The van der Waals surface area contributed by atoms with E-state index in [-0.39, 0.29) is 6.10 Å². The Hall–Kier alpha value is -1.02. The van der Waals surface area contributed by atoms with Gasteiger partial charge in [-0.3, -0.25) is 0 Å². The molecule has 0 aliphatic heterocycles. The Morgan fingerprint density at radius 1 is 1.22 bits per heavy atom. The Morgan fingerprint density at radius 2 is 1.94 bits per heavy atom. The molecule has 0 amide bonds. The van der Waals surface area contributed by atoms with Gasteiger partial charge in [-0.1, -0.05) is 25.1 Å². The molecular weight excluding hydrogens is 222 g/mol. The van der Waals surface area contributed by atoms with Crippen LogP contribution in [0.4, 0.5) is 5.69 Å². The lowest BCUT2D eigenvalue weighted by molar-refractivity contribution is 0.174. The molecule has 2 heteroatoms. The number of hydrogen-bond acceptors (Lipinski definition) is 2. The zero-order valence-corrected chi connectivity index (χ0v) is 11.2. The van der Waals surface area contributed by atoms with E-state index in [0.717, 1.165) is 23.9 Å². The van der Waals surface area contributed by atoms with E-state index in [4.69, 9.17) is 0 Å². The van der Waals surface area contributed by atoms with E-state index in [1.165, 1.54) is 37.9 Å². The van der Waals surface area contributed by atoms with Gasteiger partial charge in [0.25, 0.3) is 0 Å². The van der Waals surface area contributed by atoms with Crippen LogP contribution >= 0.6 is 0 Å². The molecule has 0 heterocycles. The van der Waals surface area contributed by atoms with Crippen LogP contribution in [0.15, 0.2) is 24.3 Å². The minimum absolute atomic E-state index is 0.318.